The minimum absolute atomic E-state index is 0.0694. The Morgan fingerprint density at radius 3 is 2.58 bits per heavy atom. The zero-order chi connectivity index (χ0) is 27.1. The van der Waals surface area contributed by atoms with Gasteiger partial charge in [0, 0.05) is 34.8 Å². The summed E-state index contributed by atoms with van der Waals surface area (Å²) in [5.74, 6) is -0.107. The highest BCUT2D eigenvalue weighted by Crippen LogP contribution is 2.40. The highest BCUT2D eigenvalue weighted by Gasteiger charge is 2.16. The Morgan fingerprint density at radius 1 is 1.05 bits per heavy atom. The quantitative estimate of drug-likeness (QED) is 0.177. The average molecular weight is 555 g/mol. The molecule has 0 aliphatic carbocycles. The van der Waals surface area contributed by atoms with Gasteiger partial charge in [0.1, 0.15) is 12.4 Å². The molecule has 0 fully saturated rings. The molecule has 0 radical (unpaired) electrons. The van der Waals surface area contributed by atoms with Crippen LogP contribution in [0.5, 0.6) is 5.75 Å². The van der Waals surface area contributed by atoms with Crippen molar-refractivity contribution in [2.24, 2.45) is 0 Å². The molecule has 4 rings (SSSR count). The Bertz CT molecular complexity index is 1500. The van der Waals surface area contributed by atoms with Crippen LogP contribution in [0.3, 0.4) is 0 Å². The molecular weight excluding hydrogens is 524 g/mol. The van der Waals surface area contributed by atoms with E-state index in [1.165, 1.54) is 0 Å². The zero-order valence-electron chi connectivity index (χ0n) is 20.9. The van der Waals surface area contributed by atoms with Crippen molar-refractivity contribution in [3.05, 3.63) is 83.9 Å². The van der Waals surface area contributed by atoms with E-state index in [0.717, 1.165) is 32.3 Å². The number of hydrogen-bond donors (Lipinski definition) is 4. The normalized spacial score (nSPS) is 12.4. The molecule has 0 aliphatic rings. The van der Waals surface area contributed by atoms with E-state index in [-0.39, 0.29) is 13.0 Å². The number of rotatable bonds is 13. The molecule has 1 heterocycles. The van der Waals surface area contributed by atoms with Crippen molar-refractivity contribution in [3.63, 3.8) is 0 Å². The molecule has 10 heteroatoms. The molecule has 0 unspecified atom stereocenters. The summed E-state index contributed by atoms with van der Waals surface area (Å²) in [5, 5.41) is 23.9. The van der Waals surface area contributed by atoms with Crippen molar-refractivity contribution in [2.45, 2.75) is 18.9 Å². The van der Waals surface area contributed by atoms with Crippen molar-refractivity contribution < 1.29 is 28.2 Å². The Kier molecular flexibility index (Phi) is 9.01. The molecule has 1 atom stereocenters. The lowest BCUT2D eigenvalue weighted by molar-refractivity contribution is -0.136. The van der Waals surface area contributed by atoms with Crippen LogP contribution in [0.1, 0.15) is 23.7 Å². The molecule has 1 aromatic heterocycles. The van der Waals surface area contributed by atoms with Gasteiger partial charge >= 0.3 is 5.97 Å². The number of carboxylic acid groups (broad SMARTS) is 1. The number of aliphatic hydroxyl groups is 1. The topological polar surface area (TPSA) is 125 Å². The van der Waals surface area contributed by atoms with E-state index >= 15 is 0 Å². The molecule has 0 bridgehead atoms. The summed E-state index contributed by atoms with van der Waals surface area (Å²) in [4.78, 5) is 12.3. The van der Waals surface area contributed by atoms with Gasteiger partial charge in [-0.25, -0.2) is 8.42 Å². The van der Waals surface area contributed by atoms with E-state index in [1.54, 1.807) is 35.6 Å². The molecule has 0 saturated carbocycles. The number of carbonyl (C=O) groups is 1. The SMILES string of the molecule is CS(=O)(=O)Nc1cccc([C@@H](O)CNCCOc2ccc3c(CCC(=O)O)c(-c4ccccc4)sc3c2)c1. The summed E-state index contributed by atoms with van der Waals surface area (Å²) in [6, 6.07) is 22.5. The van der Waals surface area contributed by atoms with Crippen LogP contribution in [0.15, 0.2) is 72.8 Å². The number of anilines is 1. The molecule has 3 aromatic carbocycles. The van der Waals surface area contributed by atoms with Gasteiger partial charge < -0.3 is 20.3 Å². The third-order valence-corrected chi connectivity index (χ3v) is 7.70. The van der Waals surface area contributed by atoms with Gasteiger partial charge in [-0.2, -0.15) is 0 Å². The highest BCUT2D eigenvalue weighted by atomic mass is 32.2. The van der Waals surface area contributed by atoms with E-state index in [2.05, 4.69) is 10.0 Å². The fourth-order valence-corrected chi connectivity index (χ4v) is 5.98. The summed E-state index contributed by atoms with van der Waals surface area (Å²) in [6.45, 7) is 1.17. The van der Waals surface area contributed by atoms with E-state index < -0.39 is 22.1 Å². The molecule has 4 N–H and O–H groups in total. The largest absolute Gasteiger partial charge is 0.492 e. The molecule has 200 valence electrons. The lowest BCUT2D eigenvalue weighted by Gasteiger charge is -2.14. The maximum Gasteiger partial charge on any atom is 0.303 e. The Morgan fingerprint density at radius 2 is 1.84 bits per heavy atom. The maximum atomic E-state index is 11.4. The van der Waals surface area contributed by atoms with Crippen LogP contribution in [0.4, 0.5) is 5.69 Å². The van der Waals surface area contributed by atoms with Gasteiger partial charge in [0.05, 0.1) is 12.4 Å². The Balaban J connectivity index is 1.35. The molecular formula is C28H30N2O6S2. The lowest BCUT2D eigenvalue weighted by Crippen LogP contribution is -2.26. The molecule has 8 nitrogen and oxygen atoms in total. The minimum atomic E-state index is -3.39. The van der Waals surface area contributed by atoms with Crippen LogP contribution in [0.25, 0.3) is 20.5 Å². The predicted molar refractivity (Wildman–Crippen MR) is 151 cm³/mol. The van der Waals surface area contributed by atoms with Gasteiger partial charge in [-0.3, -0.25) is 9.52 Å². The predicted octanol–water partition coefficient (Wildman–Crippen LogP) is 4.66. The summed E-state index contributed by atoms with van der Waals surface area (Å²) < 4.78 is 32.2. The average Bonchev–Trinajstić information content (AvgIpc) is 3.24. The van der Waals surface area contributed by atoms with E-state index in [9.17, 15) is 23.4 Å². The van der Waals surface area contributed by atoms with Gasteiger partial charge in [0.2, 0.25) is 10.0 Å². The number of carboxylic acids is 1. The number of hydrogen-bond acceptors (Lipinski definition) is 7. The van der Waals surface area contributed by atoms with Crippen molar-refractivity contribution in [2.75, 3.05) is 30.7 Å². The summed E-state index contributed by atoms with van der Waals surface area (Å²) in [6.07, 6.45) is 0.799. The number of ether oxygens (including phenoxy) is 1. The van der Waals surface area contributed by atoms with Gasteiger partial charge in [-0.1, -0.05) is 42.5 Å². The standard InChI is InChI=1S/C28H30N2O6S2/c1-38(34,35)30-21-9-5-8-20(16-21)25(31)18-29-14-15-36-22-10-11-23-24(12-13-27(32)33)28(37-26(23)17-22)19-6-3-2-4-7-19/h2-11,16-17,25,29-31H,12-15,18H2,1H3,(H,32,33)/t25-/m0/s1. The lowest BCUT2D eigenvalue weighted by atomic mass is 10.0. The third kappa shape index (κ3) is 7.55. The fourth-order valence-electron chi connectivity index (χ4n) is 4.14. The number of thiophene rings is 1. The fraction of sp³-hybridized carbons (Fsp3) is 0.250. The van der Waals surface area contributed by atoms with Gasteiger partial charge in [0.25, 0.3) is 0 Å². The number of aliphatic hydroxyl groups excluding tert-OH is 1. The van der Waals surface area contributed by atoms with Crippen LogP contribution < -0.4 is 14.8 Å². The second kappa shape index (κ2) is 12.4. The van der Waals surface area contributed by atoms with E-state index in [1.807, 2.05) is 48.5 Å². The van der Waals surface area contributed by atoms with Gasteiger partial charge in [-0.05, 0) is 58.8 Å². The zero-order valence-corrected chi connectivity index (χ0v) is 22.5. The van der Waals surface area contributed by atoms with Crippen LogP contribution in [0, 0.1) is 0 Å². The molecule has 38 heavy (non-hydrogen) atoms. The van der Waals surface area contributed by atoms with Gasteiger partial charge in [0.15, 0.2) is 0 Å². The second-order valence-corrected chi connectivity index (χ2v) is 11.7. The first kappa shape index (κ1) is 27.6. The molecule has 0 spiro atoms. The van der Waals surface area contributed by atoms with Crippen LogP contribution >= 0.6 is 11.3 Å². The Labute approximate surface area is 226 Å². The van der Waals surface area contributed by atoms with E-state index in [4.69, 9.17) is 4.74 Å². The summed E-state index contributed by atoms with van der Waals surface area (Å²) in [7, 11) is -3.39. The summed E-state index contributed by atoms with van der Waals surface area (Å²) >= 11 is 1.63. The Hall–Kier alpha value is -3.44. The van der Waals surface area contributed by atoms with Crippen LogP contribution in [-0.4, -0.2) is 50.6 Å². The maximum absolute atomic E-state index is 11.4. The first-order chi connectivity index (χ1) is 18.2. The van der Waals surface area contributed by atoms with Crippen molar-refractivity contribution in [1.29, 1.82) is 0 Å². The van der Waals surface area contributed by atoms with Crippen molar-refractivity contribution in [3.8, 4) is 16.2 Å². The number of aliphatic carboxylic acids is 1. The number of nitrogens with one attached hydrogen (secondary N) is 2. The van der Waals surface area contributed by atoms with E-state index in [0.29, 0.717) is 36.6 Å². The molecule has 0 amide bonds. The first-order valence-electron chi connectivity index (χ1n) is 12.1. The van der Waals surface area contributed by atoms with Gasteiger partial charge in [-0.15, -0.1) is 11.3 Å². The number of benzene rings is 3. The highest BCUT2D eigenvalue weighted by molar-refractivity contribution is 7.92. The molecule has 0 saturated heterocycles. The molecule has 0 aliphatic heterocycles. The summed E-state index contributed by atoms with van der Waals surface area (Å²) in [5.41, 5.74) is 3.11. The monoisotopic (exact) mass is 554 g/mol. The second-order valence-electron chi connectivity index (χ2n) is 8.90. The van der Waals surface area contributed by atoms with Crippen molar-refractivity contribution >= 4 is 43.1 Å². The third-order valence-electron chi connectivity index (χ3n) is 5.85. The smallest absolute Gasteiger partial charge is 0.303 e. The first-order valence-corrected chi connectivity index (χ1v) is 14.8. The number of sulfonamides is 1. The van der Waals surface area contributed by atoms with Crippen LogP contribution in [0.2, 0.25) is 0 Å². The number of fused-ring (bicyclic) bond motifs is 1. The van der Waals surface area contributed by atoms with Crippen LogP contribution in [-0.2, 0) is 21.2 Å². The number of aryl methyl sites for hydroxylation is 1. The molecule has 4 aromatic rings. The minimum Gasteiger partial charge on any atom is -0.492 e. The van der Waals surface area contributed by atoms with Crippen molar-refractivity contribution in [1.82, 2.24) is 5.32 Å².